The van der Waals surface area contributed by atoms with E-state index < -0.39 is 0 Å². The Morgan fingerprint density at radius 2 is 1.77 bits per heavy atom. The van der Waals surface area contributed by atoms with Crippen LogP contribution in [0.4, 0.5) is 0 Å². The average Bonchev–Trinajstić information content (AvgIpc) is 3.43. The summed E-state index contributed by atoms with van der Waals surface area (Å²) >= 11 is 0. The fourth-order valence-electron chi connectivity index (χ4n) is 4.71. The maximum Gasteiger partial charge on any atom is 0.141 e. The first-order valence-corrected chi connectivity index (χ1v) is 11.4. The minimum Gasteiger partial charge on any atom is -0.496 e. The lowest BCUT2D eigenvalue weighted by molar-refractivity contribution is 0.393. The predicted octanol–water partition coefficient (Wildman–Crippen LogP) is 5.98. The molecule has 0 bridgehead atoms. The van der Waals surface area contributed by atoms with Gasteiger partial charge in [0, 0.05) is 35.5 Å². The van der Waals surface area contributed by atoms with Crippen LogP contribution in [0.1, 0.15) is 17.0 Å². The maximum absolute atomic E-state index is 5.85. The van der Waals surface area contributed by atoms with E-state index >= 15 is 0 Å². The number of aromatic nitrogens is 5. The molecule has 0 aliphatic carbocycles. The minimum absolute atomic E-state index is 0.669. The van der Waals surface area contributed by atoms with Crippen LogP contribution in [0.2, 0.25) is 0 Å². The number of hydrogen-bond donors (Lipinski definition) is 0. The number of rotatable bonds is 5. The third-order valence-electron chi connectivity index (χ3n) is 6.32. The Morgan fingerprint density at radius 3 is 2.49 bits per heavy atom. The van der Waals surface area contributed by atoms with Gasteiger partial charge in [0.2, 0.25) is 0 Å². The van der Waals surface area contributed by atoms with Crippen LogP contribution in [0.15, 0.2) is 77.7 Å². The van der Waals surface area contributed by atoms with Crippen molar-refractivity contribution in [3.8, 4) is 28.3 Å². The summed E-state index contributed by atoms with van der Waals surface area (Å²) < 4.78 is 13.5. The van der Waals surface area contributed by atoms with Crippen LogP contribution in [0.25, 0.3) is 44.5 Å². The molecule has 0 N–H and O–H groups in total. The fraction of sp³-hybridized carbons (Fsp3) is 0.143. The number of fused-ring (bicyclic) bond motifs is 3. The molecular formula is C28H23N5O2. The highest BCUT2D eigenvalue weighted by atomic mass is 16.5. The lowest BCUT2D eigenvalue weighted by Crippen LogP contribution is -2.03. The van der Waals surface area contributed by atoms with Gasteiger partial charge in [-0.15, -0.1) is 0 Å². The Bertz CT molecular complexity index is 1650. The Morgan fingerprint density at radius 1 is 0.971 bits per heavy atom. The summed E-state index contributed by atoms with van der Waals surface area (Å²) in [5, 5.41) is 5.10. The summed E-state index contributed by atoms with van der Waals surface area (Å²) in [5.74, 6) is 2.35. The first kappa shape index (κ1) is 21.0. The fourth-order valence-corrected chi connectivity index (χ4v) is 4.71. The summed E-state index contributed by atoms with van der Waals surface area (Å²) in [6, 6.07) is 18.4. The molecule has 0 fully saturated rings. The van der Waals surface area contributed by atoms with E-state index in [4.69, 9.17) is 19.2 Å². The zero-order valence-electron chi connectivity index (χ0n) is 19.7. The van der Waals surface area contributed by atoms with Crippen molar-refractivity contribution in [2.75, 3.05) is 7.11 Å². The molecule has 0 aliphatic rings. The number of pyridine rings is 2. The first-order chi connectivity index (χ1) is 17.1. The van der Waals surface area contributed by atoms with Gasteiger partial charge in [-0.25, -0.2) is 4.98 Å². The molecule has 7 heteroatoms. The Balaban J connectivity index is 1.66. The zero-order chi connectivity index (χ0) is 23.9. The molecule has 0 spiro atoms. The Labute approximate surface area is 202 Å². The largest absolute Gasteiger partial charge is 0.496 e. The molecule has 0 radical (unpaired) electrons. The van der Waals surface area contributed by atoms with Crippen molar-refractivity contribution in [1.82, 2.24) is 24.7 Å². The molecule has 4 aromatic heterocycles. The molecule has 172 valence electrons. The van der Waals surface area contributed by atoms with Crippen LogP contribution in [0.5, 0.6) is 5.75 Å². The Kier molecular flexibility index (Phi) is 5.03. The van der Waals surface area contributed by atoms with Crippen LogP contribution in [-0.2, 0) is 6.54 Å². The second kappa shape index (κ2) is 8.36. The number of aryl methyl sites for hydroxylation is 2. The number of hydrogen-bond acceptors (Lipinski definition) is 6. The molecule has 35 heavy (non-hydrogen) atoms. The molecule has 0 saturated carbocycles. The van der Waals surface area contributed by atoms with Crippen LogP contribution in [0.3, 0.4) is 0 Å². The van der Waals surface area contributed by atoms with Gasteiger partial charge < -0.3 is 13.8 Å². The van der Waals surface area contributed by atoms with Gasteiger partial charge in [0.1, 0.15) is 22.9 Å². The highest BCUT2D eigenvalue weighted by molar-refractivity contribution is 6.06. The summed E-state index contributed by atoms with van der Waals surface area (Å²) in [5.41, 5.74) is 7.53. The standard InChI is InChI=1S/C28H23N5O2/c1-17-26(18(2)35-32-17)22-13-23-21(14-25(22)34-3)27-24(15-30-23)31-28(20-9-11-29-12-10-20)33(27)16-19-7-5-4-6-8-19/h4-15H,16H2,1-3H3. The highest BCUT2D eigenvalue weighted by Gasteiger charge is 2.21. The third kappa shape index (κ3) is 3.52. The van der Waals surface area contributed by atoms with Crippen molar-refractivity contribution in [2.45, 2.75) is 20.4 Å². The van der Waals surface area contributed by atoms with Crippen LogP contribution in [-0.4, -0.2) is 31.8 Å². The maximum atomic E-state index is 5.85. The van der Waals surface area contributed by atoms with E-state index in [0.29, 0.717) is 6.54 Å². The SMILES string of the molecule is COc1cc2c(cc1-c1c(C)noc1C)ncc1nc(-c3ccncc3)n(Cc3ccccc3)c12. The van der Waals surface area contributed by atoms with Gasteiger partial charge in [-0.1, -0.05) is 35.5 Å². The van der Waals surface area contributed by atoms with Crippen molar-refractivity contribution in [2.24, 2.45) is 0 Å². The minimum atomic E-state index is 0.669. The number of methoxy groups -OCH3 is 1. The summed E-state index contributed by atoms with van der Waals surface area (Å²) in [6.45, 7) is 4.51. The molecule has 4 heterocycles. The molecule has 0 atom stereocenters. The van der Waals surface area contributed by atoms with Crippen LogP contribution < -0.4 is 4.74 Å². The van der Waals surface area contributed by atoms with Gasteiger partial charge in [0.15, 0.2) is 0 Å². The van der Waals surface area contributed by atoms with Gasteiger partial charge in [-0.2, -0.15) is 0 Å². The van der Waals surface area contributed by atoms with Gasteiger partial charge in [0.05, 0.1) is 35.6 Å². The van der Waals surface area contributed by atoms with Crippen molar-refractivity contribution in [1.29, 1.82) is 0 Å². The van der Waals surface area contributed by atoms with Gasteiger partial charge >= 0.3 is 0 Å². The van der Waals surface area contributed by atoms with Crippen molar-refractivity contribution in [3.05, 3.63) is 90.2 Å². The molecule has 7 nitrogen and oxygen atoms in total. The summed E-state index contributed by atoms with van der Waals surface area (Å²) in [7, 11) is 1.68. The molecule has 0 amide bonds. The van der Waals surface area contributed by atoms with Crippen molar-refractivity contribution in [3.63, 3.8) is 0 Å². The Hall–Kier alpha value is -4.52. The second-order valence-electron chi connectivity index (χ2n) is 8.50. The summed E-state index contributed by atoms with van der Waals surface area (Å²) in [6.07, 6.45) is 5.42. The molecule has 0 aliphatic heterocycles. The molecule has 6 aromatic rings. The van der Waals surface area contributed by atoms with Gasteiger partial charge in [0.25, 0.3) is 0 Å². The number of ether oxygens (including phenoxy) is 1. The molecule has 0 saturated heterocycles. The quantitative estimate of drug-likeness (QED) is 0.314. The monoisotopic (exact) mass is 461 g/mol. The zero-order valence-corrected chi connectivity index (χ0v) is 19.7. The molecule has 2 aromatic carbocycles. The molecule has 6 rings (SSSR count). The molecular weight excluding hydrogens is 438 g/mol. The normalized spacial score (nSPS) is 11.4. The van der Waals surface area contributed by atoms with E-state index in [1.54, 1.807) is 19.5 Å². The van der Waals surface area contributed by atoms with E-state index in [1.165, 1.54) is 5.56 Å². The van der Waals surface area contributed by atoms with E-state index in [2.05, 4.69) is 39.0 Å². The van der Waals surface area contributed by atoms with Crippen LogP contribution in [0, 0.1) is 13.8 Å². The van der Waals surface area contributed by atoms with Gasteiger partial charge in [-0.05, 0) is 43.7 Å². The van der Waals surface area contributed by atoms with Crippen molar-refractivity contribution >= 4 is 21.9 Å². The second-order valence-corrected chi connectivity index (χ2v) is 8.50. The van der Waals surface area contributed by atoms with Gasteiger partial charge in [-0.3, -0.25) is 9.97 Å². The number of benzene rings is 2. The topological polar surface area (TPSA) is 78.9 Å². The molecule has 0 unspecified atom stereocenters. The van der Waals surface area contributed by atoms with E-state index in [-0.39, 0.29) is 0 Å². The predicted molar refractivity (Wildman–Crippen MR) is 135 cm³/mol. The lowest BCUT2D eigenvalue weighted by Gasteiger charge is -2.13. The van der Waals surface area contributed by atoms with E-state index in [1.807, 2.05) is 50.4 Å². The number of nitrogens with zero attached hydrogens (tertiary/aromatic N) is 5. The highest BCUT2D eigenvalue weighted by Crippen LogP contribution is 2.39. The van der Waals surface area contributed by atoms with E-state index in [9.17, 15) is 0 Å². The number of imidazole rings is 1. The average molecular weight is 462 g/mol. The van der Waals surface area contributed by atoms with Crippen LogP contribution >= 0.6 is 0 Å². The van der Waals surface area contributed by atoms with Crippen molar-refractivity contribution < 1.29 is 9.26 Å². The first-order valence-electron chi connectivity index (χ1n) is 11.4. The lowest BCUT2D eigenvalue weighted by atomic mass is 10.0. The summed E-state index contributed by atoms with van der Waals surface area (Å²) in [4.78, 5) is 13.9. The smallest absolute Gasteiger partial charge is 0.141 e. The third-order valence-corrected chi connectivity index (χ3v) is 6.32. The van der Waals surface area contributed by atoms with E-state index in [0.717, 1.165) is 61.7 Å².